The van der Waals surface area contributed by atoms with Crippen LogP contribution in [0.15, 0.2) is 60.7 Å². The fraction of sp³-hybridized carbons (Fsp3) is 0.467. The van der Waals surface area contributed by atoms with Gasteiger partial charge in [-0.25, -0.2) is 4.79 Å². The van der Waals surface area contributed by atoms with E-state index in [1.165, 1.54) is 0 Å². The van der Waals surface area contributed by atoms with Gasteiger partial charge in [0.25, 0.3) is 0 Å². The van der Waals surface area contributed by atoms with Crippen LogP contribution in [0.5, 0.6) is 0 Å². The van der Waals surface area contributed by atoms with E-state index in [0.717, 1.165) is 0 Å². The van der Waals surface area contributed by atoms with Crippen LogP contribution in [0.1, 0.15) is 63.5 Å². The van der Waals surface area contributed by atoms with Crippen molar-refractivity contribution in [1.82, 2.24) is 42.5 Å². The first-order chi connectivity index (χ1) is 33.5. The molecular weight excluding hydrogens is 935 g/mol. The molecule has 0 bridgehead atoms. The average molecular weight is 998 g/mol. The first-order valence-electron chi connectivity index (χ1n) is 22.3. The summed E-state index contributed by atoms with van der Waals surface area (Å²) in [4.78, 5) is 153. The zero-order chi connectivity index (χ0) is 53.2. The van der Waals surface area contributed by atoms with Crippen molar-refractivity contribution in [2.75, 3.05) is 19.7 Å². The SMILES string of the molecule is CC(C)C[C@H](NC(=O)CNC(=O)CNC(=O)[C@H](Cc1ccccc1)NC(=O)[C@@H](N)CO)C(=O)N[C@@H](CC(N)=O)C(=O)N[C@@H](CCC(=O)O)C(=O)N[C@@H](CCC(N)=O)C(=O)N[C@@H](Cc1ccccc1)C(=O)O. The number of aliphatic carboxylic acids is 2. The van der Waals surface area contributed by atoms with Crippen molar-refractivity contribution < 1.29 is 72.9 Å². The predicted octanol–water partition coefficient (Wildman–Crippen LogP) is -4.93. The highest BCUT2D eigenvalue weighted by atomic mass is 16.4. The molecule has 0 heterocycles. The van der Waals surface area contributed by atoms with Gasteiger partial charge < -0.3 is 75.1 Å². The predicted molar refractivity (Wildman–Crippen MR) is 249 cm³/mol. The maximum absolute atomic E-state index is 13.7. The van der Waals surface area contributed by atoms with E-state index in [1.807, 2.05) is 0 Å². The first-order valence-corrected chi connectivity index (χ1v) is 22.3. The highest BCUT2D eigenvalue weighted by Crippen LogP contribution is 2.10. The van der Waals surface area contributed by atoms with Gasteiger partial charge in [0.05, 0.1) is 26.1 Å². The van der Waals surface area contributed by atoms with Gasteiger partial charge in [-0.3, -0.25) is 52.7 Å². The topological polar surface area (TPSA) is 440 Å². The molecule has 0 fully saturated rings. The number of carboxylic acids is 2. The molecule has 0 aliphatic rings. The summed E-state index contributed by atoms with van der Waals surface area (Å²) >= 11 is 0. The minimum Gasteiger partial charge on any atom is -0.481 e. The molecule has 0 spiro atoms. The van der Waals surface area contributed by atoms with E-state index in [2.05, 4.69) is 42.5 Å². The van der Waals surface area contributed by atoms with E-state index in [-0.39, 0.29) is 25.2 Å². The van der Waals surface area contributed by atoms with Crippen LogP contribution >= 0.6 is 0 Å². The van der Waals surface area contributed by atoms with E-state index >= 15 is 0 Å². The van der Waals surface area contributed by atoms with Crippen LogP contribution in [0.2, 0.25) is 0 Å². The molecule has 0 unspecified atom stereocenters. The molecule has 0 aliphatic heterocycles. The second kappa shape index (κ2) is 30.5. The monoisotopic (exact) mass is 997 g/mol. The number of aliphatic hydroxyl groups excluding tert-OH is 1. The van der Waals surface area contributed by atoms with Crippen LogP contribution in [-0.4, -0.2) is 148 Å². The first kappa shape index (κ1) is 59.1. The summed E-state index contributed by atoms with van der Waals surface area (Å²) in [6.07, 6.45) is -3.40. The summed E-state index contributed by atoms with van der Waals surface area (Å²) in [5.41, 5.74) is 17.4. The second-order valence-corrected chi connectivity index (χ2v) is 16.7. The Kier molecular flexibility index (Phi) is 25.4. The van der Waals surface area contributed by atoms with Gasteiger partial charge in [0, 0.05) is 25.7 Å². The molecule has 17 N–H and O–H groups in total. The lowest BCUT2D eigenvalue weighted by molar-refractivity contribution is -0.142. The zero-order valence-corrected chi connectivity index (χ0v) is 39.1. The Labute approximate surface area is 407 Å². The van der Waals surface area contributed by atoms with Gasteiger partial charge in [0.1, 0.15) is 42.3 Å². The van der Waals surface area contributed by atoms with Crippen molar-refractivity contribution in [3.05, 3.63) is 71.8 Å². The van der Waals surface area contributed by atoms with Gasteiger partial charge in [-0.1, -0.05) is 74.5 Å². The Bertz CT molecular complexity index is 2200. The average Bonchev–Trinajstić information content (AvgIpc) is 3.31. The van der Waals surface area contributed by atoms with Crippen LogP contribution in [0, 0.1) is 5.92 Å². The number of hydrogen-bond donors (Lipinski definition) is 14. The molecule has 2 rings (SSSR count). The van der Waals surface area contributed by atoms with Crippen molar-refractivity contribution >= 4 is 71.0 Å². The Balaban J connectivity index is 2.19. The van der Waals surface area contributed by atoms with Gasteiger partial charge >= 0.3 is 11.9 Å². The van der Waals surface area contributed by atoms with E-state index in [9.17, 15) is 72.9 Å². The lowest BCUT2D eigenvalue weighted by Crippen LogP contribution is -2.59. The van der Waals surface area contributed by atoms with E-state index in [0.29, 0.717) is 11.1 Å². The van der Waals surface area contributed by atoms with Crippen LogP contribution in [0.4, 0.5) is 0 Å². The van der Waals surface area contributed by atoms with Gasteiger partial charge in [-0.15, -0.1) is 0 Å². The highest BCUT2D eigenvalue weighted by Gasteiger charge is 2.34. The number of nitrogens with one attached hydrogen (secondary N) is 8. The minimum atomic E-state index is -1.84. The molecule has 0 saturated carbocycles. The van der Waals surface area contributed by atoms with Crippen LogP contribution < -0.4 is 59.7 Å². The summed E-state index contributed by atoms with van der Waals surface area (Å²) < 4.78 is 0. The maximum atomic E-state index is 13.7. The number of amides is 10. The third-order valence-electron chi connectivity index (χ3n) is 10.2. The molecule has 0 aliphatic carbocycles. The quantitative estimate of drug-likeness (QED) is 0.0327. The van der Waals surface area contributed by atoms with Gasteiger partial charge in [-0.2, -0.15) is 0 Å². The van der Waals surface area contributed by atoms with Crippen molar-refractivity contribution in [2.24, 2.45) is 23.1 Å². The van der Waals surface area contributed by atoms with Crippen molar-refractivity contribution in [3.8, 4) is 0 Å². The normalized spacial score (nSPS) is 13.8. The summed E-state index contributed by atoms with van der Waals surface area (Å²) in [5.74, 6) is -13.1. The number of benzene rings is 2. The summed E-state index contributed by atoms with van der Waals surface area (Å²) in [7, 11) is 0. The second-order valence-electron chi connectivity index (χ2n) is 16.7. The van der Waals surface area contributed by atoms with Crippen molar-refractivity contribution in [2.45, 2.75) is 108 Å². The number of hydrogen-bond acceptors (Lipinski definition) is 14. The number of nitrogens with two attached hydrogens (primary N) is 3. The third-order valence-corrected chi connectivity index (χ3v) is 10.2. The molecule has 2 aromatic rings. The van der Waals surface area contributed by atoms with Crippen LogP contribution in [0.25, 0.3) is 0 Å². The Morgan fingerprint density at radius 2 is 0.958 bits per heavy atom. The number of aliphatic hydroxyl groups is 1. The number of rotatable bonds is 32. The summed E-state index contributed by atoms with van der Waals surface area (Å²) in [6, 6.07) is 6.03. The Hall–Kier alpha value is -8.00. The number of primary amides is 2. The molecule has 0 saturated heterocycles. The standard InChI is InChI=1S/C45H63N11O15/c1-24(2)17-30(51-37(61)22-49-36(60)21-50-40(65)31(54-39(64)27(46)23-57)18-25-9-5-3-6-10-25)43(68)55-32(20-35(48)59)44(69)53-29(14-16-38(62)63)41(66)52-28(13-15-34(47)58)42(67)56-33(45(70)71)19-26-11-7-4-8-12-26/h3-12,24,27-33,57H,13-23,46H2,1-2H3,(H2,47,58)(H2,48,59)(H,49,60)(H,50,65)(H,51,61)(H,52,66)(H,53,69)(H,54,64)(H,55,68)(H,56,67)(H,62,63)(H,70,71)/t27-,28-,29-,30-,31-,32-,33-/m0/s1. The largest absolute Gasteiger partial charge is 0.481 e. The highest BCUT2D eigenvalue weighted by molar-refractivity contribution is 5.98. The van der Waals surface area contributed by atoms with E-state index < -0.39 is 165 Å². The Morgan fingerprint density at radius 3 is 1.44 bits per heavy atom. The lowest BCUT2D eigenvalue weighted by Gasteiger charge is -2.27. The molecule has 7 atom stereocenters. The van der Waals surface area contributed by atoms with Crippen LogP contribution in [0.3, 0.4) is 0 Å². The number of carbonyl (C=O) groups excluding carboxylic acids is 10. The smallest absolute Gasteiger partial charge is 0.326 e. The number of carbonyl (C=O) groups is 12. The molecule has 0 radical (unpaired) electrons. The molecule has 388 valence electrons. The van der Waals surface area contributed by atoms with Crippen molar-refractivity contribution in [1.29, 1.82) is 0 Å². The number of carboxylic acid groups (broad SMARTS) is 2. The molecule has 2 aromatic carbocycles. The molecule has 0 aromatic heterocycles. The molecular formula is C45H63N11O15. The van der Waals surface area contributed by atoms with Crippen molar-refractivity contribution in [3.63, 3.8) is 0 Å². The fourth-order valence-electron chi connectivity index (χ4n) is 6.54. The Morgan fingerprint density at radius 1 is 0.507 bits per heavy atom. The van der Waals surface area contributed by atoms with E-state index in [4.69, 9.17) is 17.2 Å². The zero-order valence-electron chi connectivity index (χ0n) is 39.1. The summed E-state index contributed by atoms with van der Waals surface area (Å²) in [6.45, 7) is 1.29. The van der Waals surface area contributed by atoms with Gasteiger partial charge in [0.15, 0.2) is 0 Å². The van der Waals surface area contributed by atoms with E-state index in [1.54, 1.807) is 74.5 Å². The maximum Gasteiger partial charge on any atom is 0.326 e. The molecule has 26 heteroatoms. The fourth-order valence-corrected chi connectivity index (χ4v) is 6.54. The minimum absolute atomic E-state index is 0.00319. The lowest BCUT2D eigenvalue weighted by atomic mass is 10.0. The van der Waals surface area contributed by atoms with Gasteiger partial charge in [0.2, 0.25) is 59.1 Å². The third kappa shape index (κ3) is 23.2. The summed E-state index contributed by atoms with van der Waals surface area (Å²) in [5, 5.41) is 47.1. The molecule has 71 heavy (non-hydrogen) atoms. The molecule has 10 amide bonds. The molecule has 26 nitrogen and oxygen atoms in total. The van der Waals surface area contributed by atoms with Gasteiger partial charge in [-0.05, 0) is 36.3 Å². The van der Waals surface area contributed by atoms with Crippen LogP contribution in [-0.2, 0) is 70.4 Å².